The van der Waals surface area contributed by atoms with Gasteiger partial charge in [0.15, 0.2) is 6.04 Å². The van der Waals surface area contributed by atoms with Gasteiger partial charge in [-0.3, -0.25) is 15.0 Å². The molecule has 0 spiro atoms. The Balaban J connectivity index is 2.18. The number of nitrogens with one attached hydrogen (secondary N) is 1. The Morgan fingerprint density at radius 2 is 1.96 bits per heavy atom. The van der Waals surface area contributed by atoms with Gasteiger partial charge in [-0.15, -0.1) is 0 Å². The molecule has 1 aromatic carbocycles. The van der Waals surface area contributed by atoms with Crippen molar-refractivity contribution in [2.24, 2.45) is 0 Å². The number of carbonyl (C=O) groups excluding carboxylic acids is 3. The number of ether oxygens (including phenoxy) is 2. The number of hydrogen-bond acceptors (Lipinski definition) is 5. The highest BCUT2D eigenvalue weighted by atomic mass is 16.5. The van der Waals surface area contributed by atoms with E-state index in [-0.39, 0.29) is 6.61 Å². The highest BCUT2D eigenvalue weighted by Crippen LogP contribution is 2.19. The van der Waals surface area contributed by atoms with Gasteiger partial charge in [0.25, 0.3) is 11.8 Å². The molecule has 24 heavy (non-hydrogen) atoms. The van der Waals surface area contributed by atoms with Gasteiger partial charge in [0.1, 0.15) is 5.75 Å². The highest BCUT2D eigenvalue weighted by molar-refractivity contribution is 5.99. The van der Waals surface area contributed by atoms with Crippen molar-refractivity contribution >= 4 is 17.8 Å². The van der Waals surface area contributed by atoms with E-state index in [0.717, 1.165) is 10.6 Å². The topological polar surface area (TPSA) is 84.9 Å². The monoisotopic (exact) mass is 332 g/mol. The quantitative estimate of drug-likeness (QED) is 0.825. The van der Waals surface area contributed by atoms with Crippen LogP contribution in [0.4, 0.5) is 0 Å². The van der Waals surface area contributed by atoms with Gasteiger partial charge in [0.2, 0.25) is 0 Å². The van der Waals surface area contributed by atoms with Crippen LogP contribution in [0.3, 0.4) is 0 Å². The predicted octanol–water partition coefficient (Wildman–Crippen LogP) is 1.45. The molecule has 0 radical (unpaired) electrons. The molecule has 128 valence electrons. The van der Waals surface area contributed by atoms with E-state index in [9.17, 15) is 14.4 Å². The molecule has 0 aliphatic carbocycles. The summed E-state index contributed by atoms with van der Waals surface area (Å²) in [6.07, 6.45) is 1.71. The van der Waals surface area contributed by atoms with Crippen molar-refractivity contribution < 1.29 is 23.9 Å². The summed E-state index contributed by atoms with van der Waals surface area (Å²) >= 11 is 0. The predicted molar refractivity (Wildman–Crippen MR) is 86.1 cm³/mol. The molecule has 1 atom stereocenters. The molecule has 1 N–H and O–H groups in total. The third-order valence-electron chi connectivity index (χ3n) is 3.57. The van der Waals surface area contributed by atoms with Gasteiger partial charge in [0.05, 0.1) is 13.7 Å². The summed E-state index contributed by atoms with van der Waals surface area (Å²) in [5.74, 6) is -0.885. The summed E-state index contributed by atoms with van der Waals surface area (Å²) in [5.41, 5.74) is 3.59. The zero-order chi connectivity index (χ0) is 17.7. The maximum Gasteiger partial charge on any atom is 0.331 e. The molecule has 1 aliphatic heterocycles. The smallest absolute Gasteiger partial charge is 0.331 e. The Labute approximate surface area is 140 Å². The second-order valence-corrected chi connectivity index (χ2v) is 5.34. The van der Waals surface area contributed by atoms with Gasteiger partial charge in [-0.25, -0.2) is 9.80 Å². The molecule has 0 saturated carbocycles. The Morgan fingerprint density at radius 1 is 1.29 bits per heavy atom. The van der Waals surface area contributed by atoms with E-state index in [1.54, 1.807) is 38.1 Å². The molecule has 1 aromatic rings. The number of rotatable bonds is 5. The minimum Gasteiger partial charge on any atom is -0.497 e. The van der Waals surface area contributed by atoms with E-state index >= 15 is 0 Å². The first kappa shape index (κ1) is 17.5. The van der Waals surface area contributed by atoms with Gasteiger partial charge in [-0.1, -0.05) is 5.57 Å². The van der Waals surface area contributed by atoms with Gasteiger partial charge in [-0.05, 0) is 38.1 Å². The Hall–Kier alpha value is -2.83. The third-order valence-corrected chi connectivity index (χ3v) is 3.57. The first-order chi connectivity index (χ1) is 11.5. The number of carbonyl (C=O) groups is 3. The molecular formula is C17H20N2O5. The van der Waals surface area contributed by atoms with E-state index in [1.165, 1.54) is 13.2 Å². The molecule has 0 fully saturated rings. The van der Waals surface area contributed by atoms with Crippen LogP contribution in [0.1, 0.15) is 30.6 Å². The number of hydrogen-bond donors (Lipinski definition) is 1. The lowest BCUT2D eigenvalue weighted by Crippen LogP contribution is -2.56. The Morgan fingerprint density at radius 3 is 2.54 bits per heavy atom. The van der Waals surface area contributed by atoms with E-state index in [4.69, 9.17) is 9.47 Å². The molecule has 2 amide bonds. The van der Waals surface area contributed by atoms with Crippen LogP contribution >= 0.6 is 0 Å². The SMILES string of the molecule is CCOC(=O)[C@H]1CC(C)=CC(=O)N1NC(=O)c1ccc(OC)cc1. The zero-order valence-electron chi connectivity index (χ0n) is 13.9. The van der Waals surface area contributed by atoms with Crippen LogP contribution in [-0.4, -0.2) is 42.6 Å². The second-order valence-electron chi connectivity index (χ2n) is 5.34. The lowest BCUT2D eigenvalue weighted by molar-refractivity contribution is -0.155. The molecule has 0 unspecified atom stereocenters. The summed E-state index contributed by atoms with van der Waals surface area (Å²) in [4.78, 5) is 36.6. The van der Waals surface area contributed by atoms with Crippen molar-refractivity contribution in [3.8, 4) is 5.75 Å². The van der Waals surface area contributed by atoms with Gasteiger partial charge < -0.3 is 9.47 Å². The van der Waals surface area contributed by atoms with Crippen molar-refractivity contribution in [1.29, 1.82) is 0 Å². The summed E-state index contributed by atoms with van der Waals surface area (Å²) in [7, 11) is 1.53. The maximum atomic E-state index is 12.3. The fourth-order valence-electron chi connectivity index (χ4n) is 2.37. The molecule has 7 heteroatoms. The Bertz CT molecular complexity index is 666. The second kappa shape index (κ2) is 7.63. The minimum absolute atomic E-state index is 0.201. The van der Waals surface area contributed by atoms with E-state index in [2.05, 4.69) is 5.43 Å². The molecule has 1 heterocycles. The lowest BCUT2D eigenvalue weighted by atomic mass is 10.0. The van der Waals surface area contributed by atoms with Gasteiger partial charge in [-0.2, -0.15) is 0 Å². The van der Waals surface area contributed by atoms with Crippen LogP contribution < -0.4 is 10.2 Å². The van der Waals surface area contributed by atoms with Gasteiger partial charge in [0, 0.05) is 18.1 Å². The van der Waals surface area contributed by atoms with Gasteiger partial charge >= 0.3 is 5.97 Å². The van der Waals surface area contributed by atoms with Crippen molar-refractivity contribution in [2.45, 2.75) is 26.3 Å². The molecule has 0 bridgehead atoms. The summed E-state index contributed by atoms with van der Waals surface area (Å²) in [5, 5.41) is 1.03. The Kier molecular flexibility index (Phi) is 5.57. The number of esters is 1. The fraction of sp³-hybridized carbons (Fsp3) is 0.353. The van der Waals surface area contributed by atoms with Crippen LogP contribution in [0, 0.1) is 0 Å². The maximum absolute atomic E-state index is 12.3. The standard InChI is InChI=1S/C17H20N2O5/c1-4-24-17(22)14-9-11(2)10-15(20)19(14)18-16(21)12-5-7-13(23-3)8-6-12/h5-8,10,14H,4,9H2,1-3H3,(H,18,21)/t14-/m1/s1. The van der Waals surface area contributed by atoms with Crippen LogP contribution in [0.5, 0.6) is 5.75 Å². The van der Waals surface area contributed by atoms with Crippen molar-refractivity contribution in [3.63, 3.8) is 0 Å². The lowest BCUT2D eigenvalue weighted by Gasteiger charge is -2.32. The number of methoxy groups -OCH3 is 1. The summed E-state index contributed by atoms with van der Waals surface area (Å²) in [6.45, 7) is 3.64. The molecule has 0 saturated heterocycles. The molecule has 7 nitrogen and oxygen atoms in total. The average molecular weight is 332 g/mol. The van der Waals surface area contributed by atoms with E-state index < -0.39 is 23.8 Å². The van der Waals surface area contributed by atoms with Crippen molar-refractivity contribution in [3.05, 3.63) is 41.5 Å². The number of hydrazine groups is 1. The van der Waals surface area contributed by atoms with E-state index in [0.29, 0.717) is 17.7 Å². The molecular weight excluding hydrogens is 312 g/mol. The average Bonchev–Trinajstić information content (AvgIpc) is 2.57. The minimum atomic E-state index is -0.871. The van der Waals surface area contributed by atoms with Crippen LogP contribution in [0.25, 0.3) is 0 Å². The van der Waals surface area contributed by atoms with E-state index in [1.807, 2.05) is 0 Å². The summed E-state index contributed by atoms with van der Waals surface area (Å²) < 4.78 is 10.0. The molecule has 0 aromatic heterocycles. The summed E-state index contributed by atoms with van der Waals surface area (Å²) in [6, 6.07) is 5.55. The van der Waals surface area contributed by atoms with Crippen molar-refractivity contribution in [2.75, 3.05) is 13.7 Å². The first-order valence-corrected chi connectivity index (χ1v) is 7.58. The number of benzene rings is 1. The van der Waals surface area contributed by atoms with Crippen LogP contribution in [0.15, 0.2) is 35.9 Å². The number of amides is 2. The third kappa shape index (κ3) is 3.92. The first-order valence-electron chi connectivity index (χ1n) is 7.58. The highest BCUT2D eigenvalue weighted by Gasteiger charge is 2.35. The molecule has 1 aliphatic rings. The number of nitrogens with zero attached hydrogens (tertiary/aromatic N) is 1. The zero-order valence-corrected chi connectivity index (χ0v) is 13.9. The van der Waals surface area contributed by atoms with Crippen LogP contribution in [-0.2, 0) is 14.3 Å². The fourth-order valence-corrected chi connectivity index (χ4v) is 2.37. The normalized spacial score (nSPS) is 17.1. The molecule has 2 rings (SSSR count). The van der Waals surface area contributed by atoms with Crippen molar-refractivity contribution in [1.82, 2.24) is 10.4 Å². The largest absolute Gasteiger partial charge is 0.497 e. The van der Waals surface area contributed by atoms with Crippen LogP contribution in [0.2, 0.25) is 0 Å².